The molecule has 1 rings (SSSR count). The molecule has 1 fully saturated rings. The largest absolute Gasteiger partial charge is 0 e. The van der Waals surface area contributed by atoms with Crippen LogP contribution in [0.1, 0.15) is 40.0 Å². The Morgan fingerprint density at radius 1 is 0.818 bits per heavy atom. The first-order chi connectivity index (χ1) is 10.1. The van der Waals surface area contributed by atoms with Crippen LogP contribution in [0.25, 0.3) is 0 Å². The van der Waals surface area contributed by atoms with E-state index in [9.17, 15) is 0 Å². The van der Waals surface area contributed by atoms with Crippen LogP contribution in [0.4, 0.5) is 0 Å². The van der Waals surface area contributed by atoms with Crippen molar-refractivity contribution >= 4 is 9.24 Å². The molecule has 1 unspecified atom stereocenters. The second-order valence-electron chi connectivity index (χ2n) is 4.49. The van der Waals surface area contributed by atoms with Crippen molar-refractivity contribution in [3.8, 4) is 0 Å². The molecule has 0 radical (unpaired) electrons. The first kappa shape index (κ1) is 37.8. The van der Waals surface area contributed by atoms with E-state index in [2.05, 4.69) is 63.3 Å². The Kier molecular flexibility index (Phi) is 64.0. The molecule has 0 aromatic rings. The van der Waals surface area contributed by atoms with Gasteiger partial charge >= 0.3 is 56.5 Å². The maximum atomic E-state index is 7.50. The molecular weight excluding hydrogens is 387 g/mol. The average molecular weight is 408 g/mol. The first-order valence-electron chi connectivity index (χ1n) is 5.89. The smallest absolute Gasteiger partial charge is 0 e. The summed E-state index contributed by atoms with van der Waals surface area (Å²) in [6.07, 6.45) is 4.33. The minimum absolute atomic E-state index is 0. The van der Waals surface area contributed by atoms with Crippen molar-refractivity contribution < 1.29 is 44.3 Å². The molecule has 7 heteroatoms. The third kappa shape index (κ3) is 24.8. The molecule has 0 aliphatic heterocycles. The quantitative estimate of drug-likeness (QED) is 0.276. The zero-order chi connectivity index (χ0) is 18.4. The minimum atomic E-state index is 0. The molecule has 0 amide bonds. The van der Waals surface area contributed by atoms with Crippen molar-refractivity contribution in [2.24, 2.45) is 17.8 Å². The molecule has 5 nitrogen and oxygen atoms in total. The maximum Gasteiger partial charge on any atom is 0 e. The number of rotatable bonds is 1. The van der Waals surface area contributed by atoms with E-state index in [-0.39, 0.29) is 21.1 Å². The molecule has 0 saturated heterocycles. The molecule has 4 atom stereocenters. The van der Waals surface area contributed by atoms with E-state index in [1.807, 2.05) is 0 Å². The maximum absolute atomic E-state index is 7.50. The van der Waals surface area contributed by atoms with Gasteiger partial charge in [-0.2, -0.15) is 0 Å². The Morgan fingerprint density at radius 2 is 1.14 bits per heavy atom. The molecule has 0 spiro atoms. The van der Waals surface area contributed by atoms with Crippen molar-refractivity contribution in [2.45, 2.75) is 45.7 Å². The van der Waals surface area contributed by atoms with Crippen LogP contribution in [0.2, 0.25) is 0 Å². The third-order valence-electron chi connectivity index (χ3n) is 3.07. The third-order valence-corrected chi connectivity index (χ3v) is 3.84. The van der Waals surface area contributed by atoms with E-state index < -0.39 is 0 Å². The first-order valence-corrected chi connectivity index (χ1v) is 6.55. The van der Waals surface area contributed by atoms with Crippen LogP contribution < -0.4 is 0 Å². The SMILES string of the molecule is CC(C)[C@@H]1CC[C@@H](C)C[C@H]1P.[C-]#[O+].[C-]#[O+].[C-]#[O+].[C-]#[O+].[C-]#[O+].[Mo]. The Morgan fingerprint density at radius 3 is 1.36 bits per heavy atom. The van der Waals surface area contributed by atoms with E-state index in [0.717, 1.165) is 23.4 Å². The van der Waals surface area contributed by atoms with Crippen LogP contribution in [-0.2, 0) is 44.3 Å². The van der Waals surface area contributed by atoms with Gasteiger partial charge in [-0.3, -0.25) is 0 Å². The molecule has 0 aromatic carbocycles. The van der Waals surface area contributed by atoms with Gasteiger partial charge in [-0.1, -0.05) is 27.2 Å². The second-order valence-corrected chi connectivity index (χ2v) is 5.35. The minimum Gasteiger partial charge on any atom is 0 e. The summed E-state index contributed by atoms with van der Waals surface area (Å²) < 4.78 is 37.5. The molecule has 1 aliphatic rings. The van der Waals surface area contributed by atoms with E-state index in [4.69, 9.17) is 23.3 Å². The Balaban J connectivity index is -0.0000000500. The normalized spacial score (nSPS) is 20.2. The van der Waals surface area contributed by atoms with E-state index in [1.54, 1.807) is 0 Å². The summed E-state index contributed by atoms with van der Waals surface area (Å²) >= 11 is 0. The van der Waals surface area contributed by atoms with Crippen molar-refractivity contribution in [1.29, 1.82) is 0 Å². The Labute approximate surface area is 150 Å². The van der Waals surface area contributed by atoms with Crippen molar-refractivity contribution in [2.75, 3.05) is 0 Å². The zero-order valence-electron chi connectivity index (χ0n) is 13.0. The summed E-state index contributed by atoms with van der Waals surface area (Å²) in [4.78, 5) is 0. The van der Waals surface area contributed by atoms with Gasteiger partial charge in [-0.15, -0.1) is 9.24 Å². The van der Waals surface area contributed by atoms with Gasteiger partial charge in [0.15, 0.2) is 0 Å². The van der Waals surface area contributed by atoms with Crippen molar-refractivity contribution in [3.63, 3.8) is 0 Å². The molecule has 0 bridgehead atoms. The van der Waals surface area contributed by atoms with E-state index >= 15 is 0 Å². The Bertz CT molecular complexity index is 262. The van der Waals surface area contributed by atoms with E-state index in [0.29, 0.717) is 0 Å². The standard InChI is InChI=1S/C10H21P.5CO.Mo/c1-7(2)9-5-4-8(3)6-10(9)11;5*1-2;/h7-10H,4-6,11H2,1-3H3;;;;;;/t8-,9+,10-;;;;;;/m1....../s1. The van der Waals surface area contributed by atoms with Gasteiger partial charge < -0.3 is 0 Å². The van der Waals surface area contributed by atoms with Gasteiger partial charge in [-0.25, -0.2) is 0 Å². The van der Waals surface area contributed by atoms with Crippen LogP contribution in [-0.4, -0.2) is 5.66 Å². The molecule has 0 N–H and O–H groups in total. The monoisotopic (exact) mass is 410 g/mol. The predicted octanol–water partition coefficient (Wildman–Crippen LogP) is 3.13. The summed E-state index contributed by atoms with van der Waals surface area (Å²) in [5.41, 5.74) is 0.888. The number of hydrogen-bond donors (Lipinski definition) is 0. The van der Waals surface area contributed by atoms with Crippen LogP contribution >= 0.6 is 9.24 Å². The zero-order valence-corrected chi connectivity index (χ0v) is 16.1. The fourth-order valence-electron chi connectivity index (χ4n) is 2.28. The van der Waals surface area contributed by atoms with Gasteiger partial charge in [0, 0.05) is 21.1 Å². The van der Waals surface area contributed by atoms with Gasteiger partial charge in [0.1, 0.15) is 0 Å². The molecule has 1 aliphatic carbocycles. The summed E-state index contributed by atoms with van der Waals surface area (Å²) in [6.45, 7) is 29.6. The second kappa shape index (κ2) is 37.2. The number of hydrogen-bond acceptors (Lipinski definition) is 0. The molecule has 122 valence electrons. The average Bonchev–Trinajstić information content (AvgIpc) is 2.56. The summed E-state index contributed by atoms with van der Waals surface area (Å²) in [6, 6.07) is 0. The predicted molar refractivity (Wildman–Crippen MR) is 74.5 cm³/mol. The van der Waals surface area contributed by atoms with Gasteiger partial charge in [-0.05, 0) is 36.3 Å². The topological polar surface area (TPSA) is 99.5 Å². The Hall–Kier alpha value is -0.182. The van der Waals surface area contributed by atoms with Gasteiger partial charge in [0.05, 0.1) is 0 Å². The van der Waals surface area contributed by atoms with Crippen LogP contribution in [0, 0.1) is 51.0 Å². The fourth-order valence-corrected chi connectivity index (χ4v) is 3.38. The van der Waals surface area contributed by atoms with Crippen LogP contribution in [0.15, 0.2) is 0 Å². The van der Waals surface area contributed by atoms with E-state index in [1.165, 1.54) is 19.3 Å². The van der Waals surface area contributed by atoms with Gasteiger partial charge in [0.2, 0.25) is 0 Å². The molecular formula is C15H21MoO5P. The van der Waals surface area contributed by atoms with Gasteiger partial charge in [0.25, 0.3) is 0 Å². The summed E-state index contributed by atoms with van der Waals surface area (Å²) in [7, 11) is 3.04. The van der Waals surface area contributed by atoms with Crippen LogP contribution in [0.5, 0.6) is 0 Å². The summed E-state index contributed by atoms with van der Waals surface area (Å²) in [5.74, 6) is 2.81. The molecule has 1 saturated carbocycles. The van der Waals surface area contributed by atoms with Crippen LogP contribution in [0.3, 0.4) is 0 Å². The van der Waals surface area contributed by atoms with Crippen molar-refractivity contribution in [1.82, 2.24) is 0 Å². The summed E-state index contributed by atoms with van der Waals surface area (Å²) in [5, 5.41) is 0. The molecule has 0 heterocycles. The molecule has 0 aromatic heterocycles. The van der Waals surface area contributed by atoms with Crippen molar-refractivity contribution in [3.05, 3.63) is 33.3 Å². The fraction of sp³-hybridized carbons (Fsp3) is 0.667. The molecule has 22 heavy (non-hydrogen) atoms.